The second-order valence-corrected chi connectivity index (χ2v) is 9.76. The minimum absolute atomic E-state index is 0.0574. The molecule has 2 amide bonds. The van der Waals surface area contributed by atoms with E-state index in [1.165, 1.54) is 6.42 Å². The largest absolute Gasteiger partial charge is 0.483 e. The molecule has 5 nitrogen and oxygen atoms in total. The van der Waals surface area contributed by atoms with Crippen molar-refractivity contribution in [3.8, 4) is 5.75 Å². The smallest absolute Gasteiger partial charge is 0.261 e. The van der Waals surface area contributed by atoms with Crippen LogP contribution < -0.4 is 10.1 Å². The van der Waals surface area contributed by atoms with E-state index in [0.717, 1.165) is 48.1 Å². The molecule has 1 fully saturated rings. The van der Waals surface area contributed by atoms with Gasteiger partial charge in [-0.15, -0.1) is 0 Å². The van der Waals surface area contributed by atoms with E-state index in [-0.39, 0.29) is 24.5 Å². The molecule has 0 spiro atoms. The maximum absolute atomic E-state index is 13.5. The van der Waals surface area contributed by atoms with Crippen molar-refractivity contribution in [3.05, 3.63) is 65.2 Å². The summed E-state index contributed by atoms with van der Waals surface area (Å²) in [5.74, 6) is 0.782. The molecule has 0 aromatic heterocycles. The predicted octanol–water partition coefficient (Wildman–Crippen LogP) is 5.75. The molecule has 1 N–H and O–H groups in total. The van der Waals surface area contributed by atoms with Crippen LogP contribution in [0.15, 0.2) is 48.5 Å². The number of nitrogens with one attached hydrogen (secondary N) is 1. The number of amides is 2. The molecule has 5 heteroatoms. The standard InChI is InChI=1S/C29H40N2O3/c1-5-26(29(33)30-24-14-7-6-8-15-24)31(19-23-13-11-12-22(4)18-23)28(32)20-34-27-17-10-9-16-25(27)21(2)3/h9-13,16-18,21,24,26H,5-8,14-15,19-20H2,1-4H3,(H,30,33)/t26-/m0/s1. The number of ether oxygens (including phenoxy) is 1. The van der Waals surface area contributed by atoms with Crippen LogP contribution in [0.5, 0.6) is 5.75 Å². The van der Waals surface area contributed by atoms with Gasteiger partial charge >= 0.3 is 0 Å². The Kier molecular flexibility index (Phi) is 9.55. The molecule has 1 saturated carbocycles. The minimum atomic E-state index is -0.529. The van der Waals surface area contributed by atoms with Gasteiger partial charge < -0.3 is 15.0 Å². The predicted molar refractivity (Wildman–Crippen MR) is 137 cm³/mol. The first kappa shape index (κ1) is 25.8. The van der Waals surface area contributed by atoms with E-state index < -0.39 is 6.04 Å². The van der Waals surface area contributed by atoms with Crippen molar-refractivity contribution in [2.24, 2.45) is 0 Å². The van der Waals surface area contributed by atoms with Gasteiger partial charge in [0.2, 0.25) is 5.91 Å². The van der Waals surface area contributed by atoms with Crippen LogP contribution in [-0.2, 0) is 16.1 Å². The normalized spacial score (nSPS) is 15.1. The van der Waals surface area contributed by atoms with Crippen molar-refractivity contribution in [1.82, 2.24) is 10.2 Å². The highest BCUT2D eigenvalue weighted by Gasteiger charge is 2.30. The lowest BCUT2D eigenvalue weighted by Crippen LogP contribution is -2.52. The molecule has 2 aromatic rings. The Labute approximate surface area is 204 Å². The van der Waals surface area contributed by atoms with Gasteiger partial charge in [-0.25, -0.2) is 0 Å². The first-order valence-corrected chi connectivity index (χ1v) is 12.8. The summed E-state index contributed by atoms with van der Waals surface area (Å²) in [6.07, 6.45) is 6.12. The number of rotatable bonds is 10. The highest BCUT2D eigenvalue weighted by Crippen LogP contribution is 2.26. The van der Waals surface area contributed by atoms with Gasteiger partial charge in [-0.1, -0.05) is 88.1 Å². The summed E-state index contributed by atoms with van der Waals surface area (Å²) in [6.45, 7) is 8.51. The number of nitrogens with zero attached hydrogens (tertiary/aromatic N) is 1. The summed E-state index contributed by atoms with van der Waals surface area (Å²) < 4.78 is 6.00. The van der Waals surface area contributed by atoms with Crippen LogP contribution in [0.1, 0.15) is 81.9 Å². The minimum Gasteiger partial charge on any atom is -0.483 e. The second-order valence-electron chi connectivity index (χ2n) is 9.76. The SMILES string of the molecule is CC[C@@H](C(=O)NC1CCCCC1)N(Cc1cccc(C)c1)C(=O)COc1ccccc1C(C)C. The van der Waals surface area contributed by atoms with Gasteiger partial charge in [-0.3, -0.25) is 9.59 Å². The molecule has 3 rings (SSSR count). The molecule has 184 valence electrons. The Balaban J connectivity index is 1.78. The fourth-order valence-electron chi connectivity index (χ4n) is 4.78. The number of aryl methyl sites for hydroxylation is 1. The number of hydrogen-bond donors (Lipinski definition) is 1. The fraction of sp³-hybridized carbons (Fsp3) is 0.517. The number of hydrogen-bond acceptors (Lipinski definition) is 3. The molecule has 2 aromatic carbocycles. The van der Waals surface area contributed by atoms with Crippen molar-refractivity contribution < 1.29 is 14.3 Å². The fourth-order valence-corrected chi connectivity index (χ4v) is 4.78. The molecule has 1 aliphatic rings. The number of para-hydroxylation sites is 1. The Hall–Kier alpha value is -2.82. The Morgan fingerprint density at radius 2 is 1.79 bits per heavy atom. The first-order chi connectivity index (χ1) is 16.4. The average molecular weight is 465 g/mol. The third kappa shape index (κ3) is 7.09. The van der Waals surface area contributed by atoms with E-state index in [9.17, 15) is 9.59 Å². The Morgan fingerprint density at radius 3 is 2.47 bits per heavy atom. The van der Waals surface area contributed by atoms with Gasteiger partial charge in [-0.05, 0) is 49.3 Å². The van der Waals surface area contributed by atoms with Crippen molar-refractivity contribution in [3.63, 3.8) is 0 Å². The van der Waals surface area contributed by atoms with Crippen molar-refractivity contribution in [2.75, 3.05) is 6.61 Å². The highest BCUT2D eigenvalue weighted by molar-refractivity contribution is 5.88. The summed E-state index contributed by atoms with van der Waals surface area (Å²) in [4.78, 5) is 28.5. The monoisotopic (exact) mass is 464 g/mol. The lowest BCUT2D eigenvalue weighted by molar-refractivity contribution is -0.143. The van der Waals surface area contributed by atoms with Crippen molar-refractivity contribution in [1.29, 1.82) is 0 Å². The Bertz CT molecular complexity index is 950. The third-order valence-corrected chi connectivity index (χ3v) is 6.67. The zero-order valence-electron chi connectivity index (χ0n) is 21.2. The summed E-state index contributed by atoms with van der Waals surface area (Å²) in [6, 6.07) is 15.6. The molecular weight excluding hydrogens is 424 g/mol. The summed E-state index contributed by atoms with van der Waals surface area (Å²) >= 11 is 0. The molecule has 1 aliphatic carbocycles. The van der Waals surface area contributed by atoms with E-state index in [1.807, 2.05) is 56.3 Å². The molecule has 0 radical (unpaired) electrons. The molecule has 0 heterocycles. The number of carbonyl (C=O) groups is 2. The van der Waals surface area contributed by atoms with E-state index >= 15 is 0 Å². The molecule has 0 unspecified atom stereocenters. The zero-order chi connectivity index (χ0) is 24.5. The summed E-state index contributed by atoms with van der Waals surface area (Å²) in [5, 5.41) is 3.23. The van der Waals surface area contributed by atoms with Crippen LogP contribution in [0, 0.1) is 6.92 Å². The molecule has 34 heavy (non-hydrogen) atoms. The van der Waals surface area contributed by atoms with Gasteiger partial charge in [0.05, 0.1) is 0 Å². The van der Waals surface area contributed by atoms with Crippen LogP contribution in [0.2, 0.25) is 0 Å². The highest BCUT2D eigenvalue weighted by atomic mass is 16.5. The lowest BCUT2D eigenvalue weighted by atomic mass is 9.95. The Morgan fingerprint density at radius 1 is 1.06 bits per heavy atom. The van der Waals surface area contributed by atoms with Crippen LogP contribution in [0.3, 0.4) is 0 Å². The maximum atomic E-state index is 13.5. The number of carbonyl (C=O) groups excluding carboxylic acids is 2. The average Bonchev–Trinajstić information content (AvgIpc) is 2.83. The third-order valence-electron chi connectivity index (χ3n) is 6.67. The van der Waals surface area contributed by atoms with Crippen molar-refractivity contribution >= 4 is 11.8 Å². The van der Waals surface area contributed by atoms with Gasteiger partial charge in [-0.2, -0.15) is 0 Å². The van der Waals surface area contributed by atoms with Gasteiger partial charge in [0.1, 0.15) is 11.8 Å². The first-order valence-electron chi connectivity index (χ1n) is 12.8. The number of benzene rings is 2. The molecule has 0 bridgehead atoms. The lowest BCUT2D eigenvalue weighted by Gasteiger charge is -2.33. The van der Waals surface area contributed by atoms with E-state index in [4.69, 9.17) is 4.74 Å². The summed E-state index contributed by atoms with van der Waals surface area (Å²) in [5.41, 5.74) is 3.22. The topological polar surface area (TPSA) is 58.6 Å². The van der Waals surface area contributed by atoms with Crippen molar-refractivity contribution in [2.45, 2.75) is 90.8 Å². The van der Waals surface area contributed by atoms with Crippen LogP contribution >= 0.6 is 0 Å². The van der Waals surface area contributed by atoms with Gasteiger partial charge in [0, 0.05) is 12.6 Å². The molecule has 0 aliphatic heterocycles. The quantitative estimate of drug-likeness (QED) is 0.487. The van der Waals surface area contributed by atoms with E-state index in [0.29, 0.717) is 18.9 Å². The maximum Gasteiger partial charge on any atom is 0.261 e. The zero-order valence-corrected chi connectivity index (χ0v) is 21.2. The molecule has 1 atom stereocenters. The van der Waals surface area contributed by atoms with E-state index in [2.05, 4.69) is 25.2 Å². The van der Waals surface area contributed by atoms with Crippen LogP contribution in [-0.4, -0.2) is 35.4 Å². The molecular formula is C29H40N2O3. The summed E-state index contributed by atoms with van der Waals surface area (Å²) in [7, 11) is 0. The van der Waals surface area contributed by atoms with E-state index in [1.54, 1.807) is 4.90 Å². The van der Waals surface area contributed by atoms with Gasteiger partial charge in [0.15, 0.2) is 6.61 Å². The van der Waals surface area contributed by atoms with Crippen LogP contribution in [0.4, 0.5) is 0 Å². The van der Waals surface area contributed by atoms with Gasteiger partial charge in [0.25, 0.3) is 5.91 Å². The van der Waals surface area contributed by atoms with Crippen LogP contribution in [0.25, 0.3) is 0 Å². The second kappa shape index (κ2) is 12.6. The molecule has 0 saturated heterocycles.